The van der Waals surface area contributed by atoms with Crippen LogP contribution in [0.3, 0.4) is 0 Å². The first-order chi connectivity index (χ1) is 8.27. The molecule has 1 aliphatic heterocycles. The van der Waals surface area contributed by atoms with E-state index in [0.717, 1.165) is 22.9 Å². The van der Waals surface area contributed by atoms with Crippen molar-refractivity contribution in [1.82, 2.24) is 5.32 Å². The van der Waals surface area contributed by atoms with Crippen LogP contribution in [0.25, 0.3) is 0 Å². The third-order valence-electron chi connectivity index (χ3n) is 3.27. The maximum Gasteiger partial charge on any atom is 0.0175 e. The number of piperidine rings is 1. The summed E-state index contributed by atoms with van der Waals surface area (Å²) in [5.74, 6) is 0. The molecule has 1 aromatic rings. The standard InChI is InChI=1S/C12H15Br2N.C2H6/c13-9-12(5-7-15-8-6-12)10-1-3-11(14)4-2-10;1-2/h1-4,15H,5-9H2;1-2H3. The normalized spacial score (nSPS) is 18.1. The molecule has 17 heavy (non-hydrogen) atoms. The Kier molecular flexibility index (Phi) is 6.75. The first kappa shape index (κ1) is 15.2. The SMILES string of the molecule is BrCC1(c2ccc(Br)cc2)CCNCC1.CC. The summed E-state index contributed by atoms with van der Waals surface area (Å²) in [5.41, 5.74) is 1.80. The summed E-state index contributed by atoms with van der Waals surface area (Å²) in [4.78, 5) is 0. The lowest BCUT2D eigenvalue weighted by Gasteiger charge is -2.36. The highest BCUT2D eigenvalue weighted by Gasteiger charge is 2.32. The fraction of sp³-hybridized carbons (Fsp3) is 0.571. The van der Waals surface area contributed by atoms with Gasteiger partial charge in [-0.2, -0.15) is 0 Å². The van der Waals surface area contributed by atoms with E-state index >= 15 is 0 Å². The van der Waals surface area contributed by atoms with Crippen molar-refractivity contribution < 1.29 is 0 Å². The number of alkyl halides is 1. The minimum Gasteiger partial charge on any atom is -0.317 e. The second-order valence-corrected chi connectivity index (χ2v) is 5.65. The molecule has 1 saturated heterocycles. The van der Waals surface area contributed by atoms with E-state index in [1.807, 2.05) is 13.8 Å². The van der Waals surface area contributed by atoms with Crippen LogP contribution in [0.15, 0.2) is 28.7 Å². The van der Waals surface area contributed by atoms with Crippen molar-refractivity contribution in [2.24, 2.45) is 0 Å². The number of hydrogen-bond acceptors (Lipinski definition) is 1. The zero-order valence-corrected chi connectivity index (χ0v) is 13.8. The first-order valence-electron chi connectivity index (χ1n) is 6.30. The summed E-state index contributed by atoms with van der Waals surface area (Å²) in [5, 5.41) is 4.48. The molecule has 1 fully saturated rings. The third-order valence-corrected chi connectivity index (χ3v) is 4.88. The Labute approximate surface area is 122 Å². The lowest BCUT2D eigenvalue weighted by molar-refractivity contribution is 0.343. The summed E-state index contributed by atoms with van der Waals surface area (Å²) < 4.78 is 1.16. The van der Waals surface area contributed by atoms with E-state index in [1.54, 1.807) is 0 Å². The third kappa shape index (κ3) is 3.80. The van der Waals surface area contributed by atoms with Crippen LogP contribution >= 0.6 is 31.9 Å². The average Bonchev–Trinajstić information content (AvgIpc) is 2.42. The van der Waals surface area contributed by atoms with Crippen LogP contribution in [0, 0.1) is 0 Å². The minimum absolute atomic E-state index is 0.339. The number of benzene rings is 1. The molecule has 1 N–H and O–H groups in total. The zero-order valence-electron chi connectivity index (χ0n) is 10.6. The Morgan fingerprint density at radius 3 is 2.12 bits per heavy atom. The Morgan fingerprint density at radius 2 is 1.65 bits per heavy atom. The maximum absolute atomic E-state index is 3.68. The lowest BCUT2D eigenvalue weighted by atomic mass is 9.75. The van der Waals surface area contributed by atoms with E-state index in [-0.39, 0.29) is 0 Å². The van der Waals surface area contributed by atoms with E-state index in [9.17, 15) is 0 Å². The molecule has 1 nitrogen and oxygen atoms in total. The van der Waals surface area contributed by atoms with Gasteiger partial charge >= 0.3 is 0 Å². The number of halogens is 2. The van der Waals surface area contributed by atoms with Gasteiger partial charge in [0.1, 0.15) is 0 Å². The highest BCUT2D eigenvalue weighted by atomic mass is 79.9. The van der Waals surface area contributed by atoms with E-state index in [4.69, 9.17) is 0 Å². The largest absolute Gasteiger partial charge is 0.317 e. The van der Waals surface area contributed by atoms with Crippen LogP contribution < -0.4 is 5.32 Å². The van der Waals surface area contributed by atoms with Crippen molar-refractivity contribution in [3.8, 4) is 0 Å². The molecular weight excluding hydrogens is 342 g/mol. The topological polar surface area (TPSA) is 12.0 Å². The van der Waals surface area contributed by atoms with Crippen LogP contribution in [-0.4, -0.2) is 18.4 Å². The first-order valence-corrected chi connectivity index (χ1v) is 8.21. The second kappa shape index (κ2) is 7.55. The van der Waals surface area contributed by atoms with Gasteiger partial charge in [-0.1, -0.05) is 57.8 Å². The lowest BCUT2D eigenvalue weighted by Crippen LogP contribution is -2.41. The summed E-state index contributed by atoms with van der Waals surface area (Å²) in [6, 6.07) is 8.77. The molecule has 1 aromatic carbocycles. The smallest absolute Gasteiger partial charge is 0.0175 e. The number of hydrogen-bond donors (Lipinski definition) is 1. The van der Waals surface area contributed by atoms with Gasteiger partial charge in [-0.3, -0.25) is 0 Å². The van der Waals surface area contributed by atoms with Crippen LogP contribution in [-0.2, 0) is 5.41 Å². The van der Waals surface area contributed by atoms with Gasteiger partial charge in [0.2, 0.25) is 0 Å². The average molecular weight is 363 g/mol. The highest BCUT2D eigenvalue weighted by molar-refractivity contribution is 9.10. The predicted molar refractivity (Wildman–Crippen MR) is 83.1 cm³/mol. The molecule has 2 rings (SSSR count). The molecule has 0 bridgehead atoms. The molecule has 96 valence electrons. The maximum atomic E-state index is 3.68. The van der Waals surface area contributed by atoms with Crippen LogP contribution in [0.2, 0.25) is 0 Å². The van der Waals surface area contributed by atoms with Gasteiger partial charge in [-0.15, -0.1) is 0 Å². The van der Waals surface area contributed by atoms with Crippen molar-refractivity contribution in [2.45, 2.75) is 32.1 Å². The highest BCUT2D eigenvalue weighted by Crippen LogP contribution is 2.35. The summed E-state index contributed by atoms with van der Waals surface area (Å²) in [6.45, 7) is 6.25. The summed E-state index contributed by atoms with van der Waals surface area (Å²) in [6.07, 6.45) is 2.44. The summed E-state index contributed by atoms with van der Waals surface area (Å²) in [7, 11) is 0. The number of rotatable bonds is 2. The molecule has 1 aliphatic rings. The monoisotopic (exact) mass is 361 g/mol. The van der Waals surface area contributed by atoms with Crippen LogP contribution in [0.1, 0.15) is 32.3 Å². The molecule has 0 unspecified atom stereocenters. The minimum atomic E-state index is 0.339. The van der Waals surface area contributed by atoms with E-state index in [1.165, 1.54) is 18.4 Å². The van der Waals surface area contributed by atoms with Gasteiger partial charge in [0.25, 0.3) is 0 Å². The van der Waals surface area contributed by atoms with Crippen LogP contribution in [0.5, 0.6) is 0 Å². The Morgan fingerprint density at radius 1 is 1.12 bits per heavy atom. The molecule has 0 radical (unpaired) electrons. The zero-order chi connectivity index (χ0) is 12.7. The Bertz CT molecular complexity index is 315. The van der Waals surface area contributed by atoms with E-state index in [2.05, 4.69) is 61.4 Å². The Balaban J connectivity index is 0.000000686. The summed E-state index contributed by atoms with van der Waals surface area (Å²) >= 11 is 7.17. The van der Waals surface area contributed by atoms with E-state index < -0.39 is 0 Å². The number of nitrogens with one attached hydrogen (secondary N) is 1. The van der Waals surface area contributed by atoms with Crippen molar-refractivity contribution in [3.63, 3.8) is 0 Å². The van der Waals surface area contributed by atoms with Crippen molar-refractivity contribution in [3.05, 3.63) is 34.3 Å². The molecular formula is C14H21Br2N. The predicted octanol–water partition coefficient (Wildman–Crippen LogP) is 4.49. The molecule has 1 heterocycles. The van der Waals surface area contributed by atoms with Gasteiger partial charge in [0.15, 0.2) is 0 Å². The fourth-order valence-corrected chi connectivity index (χ4v) is 3.36. The molecule has 0 aliphatic carbocycles. The molecule has 3 heteroatoms. The van der Waals surface area contributed by atoms with Crippen molar-refractivity contribution >= 4 is 31.9 Å². The molecule has 0 spiro atoms. The van der Waals surface area contributed by atoms with Gasteiger partial charge in [-0.25, -0.2) is 0 Å². The van der Waals surface area contributed by atoms with Crippen molar-refractivity contribution in [2.75, 3.05) is 18.4 Å². The quantitative estimate of drug-likeness (QED) is 0.764. The van der Waals surface area contributed by atoms with Crippen molar-refractivity contribution in [1.29, 1.82) is 0 Å². The Hall–Kier alpha value is 0.140. The van der Waals surface area contributed by atoms with Gasteiger partial charge in [-0.05, 0) is 43.6 Å². The molecule has 0 atom stereocenters. The second-order valence-electron chi connectivity index (χ2n) is 4.17. The van der Waals surface area contributed by atoms with Gasteiger partial charge in [0, 0.05) is 15.2 Å². The van der Waals surface area contributed by atoms with Gasteiger partial charge in [0.05, 0.1) is 0 Å². The van der Waals surface area contributed by atoms with E-state index in [0.29, 0.717) is 5.41 Å². The molecule has 0 saturated carbocycles. The van der Waals surface area contributed by atoms with Gasteiger partial charge < -0.3 is 5.32 Å². The fourth-order valence-electron chi connectivity index (χ4n) is 2.21. The van der Waals surface area contributed by atoms with Crippen LogP contribution in [0.4, 0.5) is 0 Å². The molecule has 0 amide bonds. The molecule has 0 aromatic heterocycles.